The van der Waals surface area contributed by atoms with E-state index in [9.17, 15) is 5.11 Å². The maximum atomic E-state index is 9.28. The number of hydrogen-bond donors (Lipinski definition) is 2. The van der Waals surface area contributed by atoms with Gasteiger partial charge >= 0.3 is 0 Å². The molecule has 14 heavy (non-hydrogen) atoms. The van der Waals surface area contributed by atoms with Crippen molar-refractivity contribution in [3.05, 3.63) is 35.4 Å². The van der Waals surface area contributed by atoms with Crippen LogP contribution in [0.25, 0.3) is 0 Å². The second-order valence-corrected chi connectivity index (χ2v) is 4.40. The number of benzene rings is 1. The van der Waals surface area contributed by atoms with E-state index < -0.39 is 0 Å². The van der Waals surface area contributed by atoms with Crippen molar-refractivity contribution in [3.63, 3.8) is 0 Å². The van der Waals surface area contributed by atoms with E-state index in [0.717, 1.165) is 6.42 Å². The van der Waals surface area contributed by atoms with Crippen LogP contribution in [-0.2, 0) is 0 Å². The summed E-state index contributed by atoms with van der Waals surface area (Å²) in [7, 11) is 0. The lowest BCUT2D eigenvalue weighted by Crippen LogP contribution is -2.21. The van der Waals surface area contributed by atoms with Gasteiger partial charge in [0.05, 0.1) is 6.61 Å². The van der Waals surface area contributed by atoms with Gasteiger partial charge in [-0.25, -0.2) is 0 Å². The zero-order valence-electron chi connectivity index (χ0n) is 8.53. The van der Waals surface area contributed by atoms with Gasteiger partial charge in [0.15, 0.2) is 0 Å². The van der Waals surface area contributed by atoms with Crippen molar-refractivity contribution in [2.75, 3.05) is 13.2 Å². The van der Waals surface area contributed by atoms with Crippen molar-refractivity contribution in [1.29, 1.82) is 0 Å². The van der Waals surface area contributed by atoms with Crippen molar-refractivity contribution in [1.82, 2.24) is 0 Å². The van der Waals surface area contributed by atoms with Crippen LogP contribution in [-0.4, -0.2) is 18.3 Å². The van der Waals surface area contributed by atoms with Crippen LogP contribution in [0.2, 0.25) is 0 Å². The molecule has 0 bridgehead atoms. The molecule has 0 aromatic heterocycles. The Morgan fingerprint density at radius 1 is 1.57 bits per heavy atom. The Kier molecular flexibility index (Phi) is 2.33. The quantitative estimate of drug-likeness (QED) is 0.759. The molecule has 76 valence electrons. The molecule has 2 rings (SSSR count). The molecule has 1 fully saturated rings. The molecule has 0 spiro atoms. The van der Waals surface area contributed by atoms with E-state index in [-0.39, 0.29) is 12.0 Å². The van der Waals surface area contributed by atoms with E-state index in [2.05, 4.69) is 31.2 Å². The molecule has 1 aromatic carbocycles. The summed E-state index contributed by atoms with van der Waals surface area (Å²) >= 11 is 0. The van der Waals surface area contributed by atoms with Gasteiger partial charge in [-0.05, 0) is 24.8 Å². The number of aliphatic hydroxyl groups excluding tert-OH is 1. The Balaban J connectivity index is 2.19. The lowest BCUT2D eigenvalue weighted by molar-refractivity contribution is 0.211. The fourth-order valence-corrected chi connectivity index (χ4v) is 2.17. The largest absolute Gasteiger partial charge is 0.396 e. The fourth-order valence-electron chi connectivity index (χ4n) is 2.17. The minimum Gasteiger partial charge on any atom is -0.396 e. The van der Waals surface area contributed by atoms with Crippen LogP contribution >= 0.6 is 0 Å². The Bertz CT molecular complexity index is 331. The Labute approximate surface area is 84.7 Å². The smallest absolute Gasteiger partial charge is 0.0505 e. The van der Waals surface area contributed by atoms with Gasteiger partial charge in [-0.1, -0.05) is 29.8 Å². The molecule has 0 heterocycles. The molecule has 3 N–H and O–H groups in total. The number of nitrogens with two attached hydrogens (primary N) is 1. The average Bonchev–Trinajstić information content (AvgIpc) is 2.93. The summed E-state index contributed by atoms with van der Waals surface area (Å²) in [5, 5.41) is 9.28. The molecule has 0 radical (unpaired) electrons. The van der Waals surface area contributed by atoms with E-state index in [0.29, 0.717) is 12.5 Å². The number of aryl methyl sites for hydroxylation is 1. The minimum absolute atomic E-state index is 0.0200. The lowest BCUT2D eigenvalue weighted by Gasteiger charge is -2.11. The van der Waals surface area contributed by atoms with Gasteiger partial charge in [0, 0.05) is 12.0 Å². The van der Waals surface area contributed by atoms with Crippen molar-refractivity contribution >= 4 is 0 Å². The fraction of sp³-hybridized carbons (Fsp3) is 0.500. The average molecular weight is 191 g/mol. The maximum absolute atomic E-state index is 9.28. The van der Waals surface area contributed by atoms with Crippen LogP contribution in [0.1, 0.15) is 23.5 Å². The summed E-state index contributed by atoms with van der Waals surface area (Å²) in [6.07, 6.45) is 1.03. The van der Waals surface area contributed by atoms with Gasteiger partial charge in [-0.15, -0.1) is 0 Å². The third-order valence-electron chi connectivity index (χ3n) is 3.36. The van der Waals surface area contributed by atoms with Crippen molar-refractivity contribution in [2.45, 2.75) is 19.3 Å². The van der Waals surface area contributed by atoms with E-state index in [4.69, 9.17) is 5.73 Å². The molecule has 0 saturated heterocycles. The number of hydrogen-bond acceptors (Lipinski definition) is 2. The van der Waals surface area contributed by atoms with Crippen LogP contribution in [0.4, 0.5) is 0 Å². The van der Waals surface area contributed by atoms with Gasteiger partial charge in [0.25, 0.3) is 0 Å². The predicted molar refractivity (Wildman–Crippen MR) is 57.1 cm³/mol. The summed E-state index contributed by atoms with van der Waals surface area (Å²) in [4.78, 5) is 0. The zero-order valence-corrected chi connectivity index (χ0v) is 8.53. The first-order valence-corrected chi connectivity index (χ1v) is 5.09. The van der Waals surface area contributed by atoms with E-state index in [1.807, 2.05) is 0 Å². The first kappa shape index (κ1) is 9.69. The number of aliphatic hydroxyl groups is 1. The van der Waals surface area contributed by atoms with Crippen molar-refractivity contribution in [3.8, 4) is 0 Å². The Morgan fingerprint density at radius 2 is 2.36 bits per heavy atom. The van der Waals surface area contributed by atoms with E-state index in [1.165, 1.54) is 11.1 Å². The molecule has 1 aliphatic rings. The van der Waals surface area contributed by atoms with E-state index >= 15 is 0 Å². The summed E-state index contributed by atoms with van der Waals surface area (Å²) in [5.41, 5.74) is 8.26. The second kappa shape index (κ2) is 3.37. The summed E-state index contributed by atoms with van der Waals surface area (Å²) < 4.78 is 0. The van der Waals surface area contributed by atoms with Gasteiger partial charge in [0.1, 0.15) is 0 Å². The standard InChI is InChI=1S/C12H17NO/c1-9-3-2-4-10(5-9)11-6-12(11,7-13)8-14/h2-5,11,14H,6-8,13H2,1H3. The third-order valence-corrected chi connectivity index (χ3v) is 3.36. The van der Waals surface area contributed by atoms with Gasteiger partial charge in [-0.2, -0.15) is 0 Å². The highest BCUT2D eigenvalue weighted by atomic mass is 16.3. The summed E-state index contributed by atoms with van der Waals surface area (Å²) in [5.74, 6) is 0.470. The highest BCUT2D eigenvalue weighted by Gasteiger charge is 2.53. The van der Waals surface area contributed by atoms with Crippen LogP contribution in [0, 0.1) is 12.3 Å². The molecule has 0 aliphatic heterocycles. The molecule has 1 aliphatic carbocycles. The molecule has 1 aromatic rings. The van der Waals surface area contributed by atoms with Crippen LogP contribution < -0.4 is 5.73 Å². The molecule has 0 amide bonds. The Hall–Kier alpha value is -0.860. The molecule has 2 heteroatoms. The first-order chi connectivity index (χ1) is 6.72. The van der Waals surface area contributed by atoms with Crippen molar-refractivity contribution in [2.24, 2.45) is 11.1 Å². The highest BCUT2D eigenvalue weighted by Crippen LogP contribution is 2.58. The van der Waals surface area contributed by atoms with Crippen molar-refractivity contribution < 1.29 is 5.11 Å². The van der Waals surface area contributed by atoms with Gasteiger partial charge in [0.2, 0.25) is 0 Å². The normalized spacial score (nSPS) is 30.4. The predicted octanol–water partition coefficient (Wildman–Crippen LogP) is 1.42. The minimum atomic E-state index is -0.0200. The molecular weight excluding hydrogens is 174 g/mol. The van der Waals surface area contributed by atoms with Crippen LogP contribution in [0.3, 0.4) is 0 Å². The first-order valence-electron chi connectivity index (χ1n) is 5.09. The monoisotopic (exact) mass is 191 g/mol. The molecular formula is C12H17NO. The summed E-state index contributed by atoms with van der Waals surface area (Å²) in [6.45, 7) is 2.89. The SMILES string of the molecule is Cc1cccc(C2CC2(CN)CO)c1. The molecule has 2 nitrogen and oxygen atoms in total. The Morgan fingerprint density at radius 3 is 2.86 bits per heavy atom. The highest BCUT2D eigenvalue weighted by molar-refractivity contribution is 5.33. The maximum Gasteiger partial charge on any atom is 0.0505 e. The zero-order chi connectivity index (χ0) is 10.2. The second-order valence-electron chi connectivity index (χ2n) is 4.40. The van der Waals surface area contributed by atoms with Gasteiger partial charge in [-0.3, -0.25) is 0 Å². The molecule has 1 saturated carbocycles. The van der Waals surface area contributed by atoms with Gasteiger partial charge < -0.3 is 10.8 Å². The molecule has 2 atom stereocenters. The number of rotatable bonds is 3. The van der Waals surface area contributed by atoms with Crippen LogP contribution in [0.15, 0.2) is 24.3 Å². The van der Waals surface area contributed by atoms with Crippen LogP contribution in [0.5, 0.6) is 0 Å². The summed E-state index contributed by atoms with van der Waals surface area (Å²) in [6, 6.07) is 8.49. The lowest BCUT2D eigenvalue weighted by atomic mass is 9.99. The van der Waals surface area contributed by atoms with E-state index in [1.54, 1.807) is 0 Å². The molecule has 2 unspecified atom stereocenters. The topological polar surface area (TPSA) is 46.2 Å². The third kappa shape index (κ3) is 1.45.